The summed E-state index contributed by atoms with van der Waals surface area (Å²) in [4.78, 5) is 22.3. The molecule has 9 nitrogen and oxygen atoms in total. The van der Waals surface area contributed by atoms with Crippen molar-refractivity contribution in [2.24, 2.45) is 0 Å². The lowest BCUT2D eigenvalue weighted by Gasteiger charge is -2.29. The summed E-state index contributed by atoms with van der Waals surface area (Å²) < 4.78 is 53.5. The highest BCUT2D eigenvalue weighted by molar-refractivity contribution is 7.91. The number of ether oxygens (including phenoxy) is 1. The molecule has 0 unspecified atom stereocenters. The van der Waals surface area contributed by atoms with E-state index in [0.717, 1.165) is 25.6 Å². The van der Waals surface area contributed by atoms with Crippen LogP contribution in [0, 0.1) is 0 Å². The molecule has 1 aromatic heterocycles. The van der Waals surface area contributed by atoms with Crippen LogP contribution in [0.15, 0.2) is 52.3 Å². The summed E-state index contributed by atoms with van der Waals surface area (Å²) in [5.74, 6) is -0.173. The molecule has 0 spiro atoms. The van der Waals surface area contributed by atoms with Crippen molar-refractivity contribution >= 4 is 64.7 Å². The van der Waals surface area contributed by atoms with Crippen LogP contribution in [0.4, 0.5) is 5.13 Å². The number of morpholine rings is 1. The van der Waals surface area contributed by atoms with Crippen molar-refractivity contribution in [3.8, 4) is 0 Å². The molecule has 1 aliphatic rings. The second-order valence-corrected chi connectivity index (χ2v) is 13.5. The van der Waals surface area contributed by atoms with Crippen LogP contribution in [0.1, 0.15) is 5.56 Å². The van der Waals surface area contributed by atoms with Gasteiger partial charge in [0.2, 0.25) is 5.91 Å². The highest BCUT2D eigenvalue weighted by atomic mass is 35.5. The monoisotopic (exact) mass is 573 g/mol. The maximum absolute atomic E-state index is 13.4. The SMILES string of the molecule is CS(=O)(=O)c1ccc(CC(=O)N(CCN2CCOCC2)c2nc3ccc(S(C)(=O)=O)cc3s2)cc1.Cl. The van der Waals surface area contributed by atoms with Crippen molar-refractivity contribution < 1.29 is 26.4 Å². The number of halogens is 1. The third kappa shape index (κ3) is 7.02. The fourth-order valence-electron chi connectivity index (χ4n) is 3.76. The maximum atomic E-state index is 13.4. The summed E-state index contributed by atoms with van der Waals surface area (Å²) in [5, 5.41) is 0.497. The predicted octanol–water partition coefficient (Wildman–Crippen LogP) is 2.43. The molecule has 0 radical (unpaired) electrons. The predicted molar refractivity (Wildman–Crippen MR) is 143 cm³/mol. The Hall–Kier alpha value is -2.09. The first-order valence-corrected chi connectivity index (χ1v) is 15.6. The van der Waals surface area contributed by atoms with E-state index < -0.39 is 19.7 Å². The molecule has 36 heavy (non-hydrogen) atoms. The van der Waals surface area contributed by atoms with E-state index >= 15 is 0 Å². The van der Waals surface area contributed by atoms with Gasteiger partial charge >= 0.3 is 0 Å². The first-order chi connectivity index (χ1) is 16.5. The van der Waals surface area contributed by atoms with Gasteiger partial charge in [0.25, 0.3) is 0 Å². The zero-order valence-electron chi connectivity index (χ0n) is 19.9. The van der Waals surface area contributed by atoms with Gasteiger partial charge in [0.05, 0.1) is 39.6 Å². The molecule has 3 aromatic rings. The number of rotatable bonds is 8. The van der Waals surface area contributed by atoms with Crippen LogP contribution in [0.3, 0.4) is 0 Å². The Labute approximate surface area is 221 Å². The van der Waals surface area contributed by atoms with Crippen LogP contribution in [-0.4, -0.2) is 84.5 Å². The second kappa shape index (κ2) is 11.5. The second-order valence-electron chi connectivity index (χ2n) is 8.49. The van der Waals surface area contributed by atoms with Crippen molar-refractivity contribution in [2.45, 2.75) is 16.2 Å². The number of aromatic nitrogens is 1. The van der Waals surface area contributed by atoms with Gasteiger partial charge in [-0.05, 0) is 35.9 Å². The van der Waals surface area contributed by atoms with Gasteiger partial charge in [-0.3, -0.25) is 14.6 Å². The van der Waals surface area contributed by atoms with Crippen LogP contribution < -0.4 is 4.90 Å². The van der Waals surface area contributed by atoms with Gasteiger partial charge in [-0.25, -0.2) is 21.8 Å². The van der Waals surface area contributed by atoms with E-state index in [2.05, 4.69) is 9.88 Å². The molecule has 1 amide bonds. The first kappa shape index (κ1) is 28.5. The summed E-state index contributed by atoms with van der Waals surface area (Å²) in [6.07, 6.45) is 2.38. The number of carbonyl (C=O) groups is 1. The van der Waals surface area contributed by atoms with Crippen molar-refractivity contribution in [1.82, 2.24) is 9.88 Å². The zero-order chi connectivity index (χ0) is 25.2. The van der Waals surface area contributed by atoms with Gasteiger partial charge in [-0.1, -0.05) is 23.5 Å². The quantitative estimate of drug-likeness (QED) is 0.404. The number of carbonyl (C=O) groups excluding carboxylic acids is 1. The summed E-state index contributed by atoms with van der Waals surface area (Å²) >= 11 is 1.27. The molecule has 2 aromatic carbocycles. The minimum atomic E-state index is -3.36. The maximum Gasteiger partial charge on any atom is 0.233 e. The minimum absolute atomic E-state index is 0. The van der Waals surface area contributed by atoms with Gasteiger partial charge in [0.1, 0.15) is 0 Å². The molecule has 1 saturated heterocycles. The number of sulfone groups is 2. The molecule has 196 valence electrons. The van der Waals surface area contributed by atoms with E-state index in [1.807, 2.05) is 0 Å². The highest BCUT2D eigenvalue weighted by Gasteiger charge is 2.22. The molecule has 1 aliphatic heterocycles. The molecule has 13 heteroatoms. The highest BCUT2D eigenvalue weighted by Crippen LogP contribution is 2.31. The van der Waals surface area contributed by atoms with Gasteiger partial charge in [0, 0.05) is 38.7 Å². The Morgan fingerprint density at radius 1 is 1.00 bits per heavy atom. The first-order valence-electron chi connectivity index (χ1n) is 11.0. The normalized spacial score (nSPS) is 14.9. The zero-order valence-corrected chi connectivity index (χ0v) is 23.2. The van der Waals surface area contributed by atoms with Gasteiger partial charge in [0.15, 0.2) is 24.8 Å². The standard InChI is InChI=1S/C23H27N3O6S3.ClH/c1-34(28,29)18-5-3-17(4-6-18)15-22(27)26(10-9-25-11-13-32-14-12-25)23-24-20-8-7-19(35(2,30)31)16-21(20)33-23;/h3-8,16H,9-15H2,1-2H3;1H. The Morgan fingerprint density at radius 2 is 1.61 bits per heavy atom. The number of benzene rings is 2. The van der Waals surface area contributed by atoms with E-state index in [1.54, 1.807) is 29.2 Å². The molecule has 0 N–H and O–H groups in total. The number of amides is 1. The van der Waals surface area contributed by atoms with Gasteiger partial charge in [-0.2, -0.15) is 0 Å². The molecule has 0 saturated carbocycles. The average Bonchev–Trinajstić information content (AvgIpc) is 3.22. The van der Waals surface area contributed by atoms with Crippen molar-refractivity contribution in [2.75, 3.05) is 56.8 Å². The van der Waals surface area contributed by atoms with Crippen molar-refractivity contribution in [3.63, 3.8) is 0 Å². The topological polar surface area (TPSA) is 114 Å². The van der Waals surface area contributed by atoms with Crippen LogP contribution in [0.25, 0.3) is 10.2 Å². The van der Waals surface area contributed by atoms with Crippen LogP contribution in [0.2, 0.25) is 0 Å². The van der Waals surface area contributed by atoms with E-state index in [9.17, 15) is 21.6 Å². The average molecular weight is 574 g/mol. The van der Waals surface area contributed by atoms with Gasteiger partial charge in [-0.15, -0.1) is 12.4 Å². The molecular weight excluding hydrogens is 546 g/mol. The molecular formula is C23H28ClN3O6S3. The lowest BCUT2D eigenvalue weighted by atomic mass is 10.1. The molecule has 2 heterocycles. The van der Waals surface area contributed by atoms with E-state index in [0.29, 0.717) is 47.2 Å². The Kier molecular flexibility index (Phi) is 9.12. The molecule has 1 fully saturated rings. The lowest BCUT2D eigenvalue weighted by molar-refractivity contribution is -0.118. The van der Waals surface area contributed by atoms with E-state index in [4.69, 9.17) is 4.74 Å². The molecule has 0 atom stereocenters. The lowest BCUT2D eigenvalue weighted by Crippen LogP contribution is -2.43. The number of nitrogens with zero attached hydrogens (tertiary/aromatic N) is 3. The summed E-state index contributed by atoms with van der Waals surface area (Å²) in [5.41, 5.74) is 1.32. The fraction of sp³-hybridized carbons (Fsp3) is 0.391. The number of fused-ring (bicyclic) bond motifs is 1. The Morgan fingerprint density at radius 3 is 2.22 bits per heavy atom. The minimum Gasteiger partial charge on any atom is -0.379 e. The summed E-state index contributed by atoms with van der Waals surface area (Å²) in [6, 6.07) is 11.0. The summed E-state index contributed by atoms with van der Waals surface area (Å²) in [7, 11) is -6.68. The van der Waals surface area contributed by atoms with Crippen molar-refractivity contribution in [1.29, 1.82) is 0 Å². The van der Waals surface area contributed by atoms with Crippen molar-refractivity contribution in [3.05, 3.63) is 48.0 Å². The van der Waals surface area contributed by atoms with Gasteiger partial charge < -0.3 is 4.74 Å². The third-order valence-electron chi connectivity index (χ3n) is 5.76. The Balaban J connectivity index is 0.00000361. The molecule has 0 aliphatic carbocycles. The number of hydrogen-bond donors (Lipinski definition) is 0. The van der Waals surface area contributed by atoms with Crippen LogP contribution in [-0.2, 0) is 35.6 Å². The van der Waals surface area contributed by atoms with E-state index in [-0.39, 0.29) is 34.5 Å². The number of hydrogen-bond acceptors (Lipinski definition) is 9. The Bertz CT molecular complexity index is 1430. The third-order valence-corrected chi connectivity index (χ3v) is 9.04. The molecule has 0 bridgehead atoms. The smallest absolute Gasteiger partial charge is 0.233 e. The fourth-order valence-corrected chi connectivity index (χ4v) is 6.16. The summed E-state index contributed by atoms with van der Waals surface area (Å²) in [6.45, 7) is 3.93. The van der Waals surface area contributed by atoms with E-state index in [1.165, 1.54) is 29.5 Å². The van der Waals surface area contributed by atoms with Crippen LogP contribution >= 0.6 is 23.7 Å². The number of anilines is 1. The van der Waals surface area contributed by atoms with Crippen LogP contribution in [0.5, 0.6) is 0 Å². The number of thiazole rings is 1. The molecule has 4 rings (SSSR count). The largest absolute Gasteiger partial charge is 0.379 e.